The van der Waals surface area contributed by atoms with Gasteiger partial charge in [-0.2, -0.15) is 0 Å². The molecule has 28 heavy (non-hydrogen) atoms. The number of benzene rings is 1. The second-order valence-corrected chi connectivity index (χ2v) is 7.69. The van der Waals surface area contributed by atoms with Crippen LogP contribution in [0.1, 0.15) is 56.3 Å². The molecule has 0 aromatic heterocycles. The summed E-state index contributed by atoms with van der Waals surface area (Å²) in [5, 5.41) is 8.21. The lowest BCUT2D eigenvalue weighted by Gasteiger charge is -2.30. The first-order chi connectivity index (χ1) is 13.3. The Kier molecular flexibility index (Phi) is 5.67. The number of carbonyl (C=O) groups is 4. The van der Waals surface area contributed by atoms with Crippen molar-refractivity contribution in [3.63, 3.8) is 0 Å². The van der Waals surface area contributed by atoms with E-state index in [1.807, 2.05) is 13.8 Å². The number of rotatable bonds is 5. The van der Waals surface area contributed by atoms with Gasteiger partial charge < -0.3 is 16.0 Å². The predicted octanol–water partition coefficient (Wildman–Crippen LogP) is 2.02. The molecular weight excluding hydrogens is 360 g/mol. The number of carbonyl (C=O) groups excluding carboxylic acids is 4. The van der Waals surface area contributed by atoms with Gasteiger partial charge in [-0.15, -0.1) is 0 Å². The molecule has 0 radical (unpaired) electrons. The minimum absolute atomic E-state index is 0.0474. The minimum Gasteiger partial charge on any atom is -0.350 e. The highest BCUT2D eigenvalue weighted by Gasteiger charge is 2.51. The molecule has 0 unspecified atom stereocenters. The molecule has 8 heteroatoms. The first kappa shape index (κ1) is 19.9. The van der Waals surface area contributed by atoms with Crippen LogP contribution in [0.25, 0.3) is 0 Å². The highest BCUT2D eigenvalue weighted by Crippen LogP contribution is 2.33. The average Bonchev–Trinajstić information content (AvgIpc) is 2.86. The lowest BCUT2D eigenvalue weighted by atomic mass is 9.82. The number of para-hydroxylation sites is 1. The largest absolute Gasteiger partial charge is 0.350 e. The second kappa shape index (κ2) is 8.00. The first-order valence-corrected chi connectivity index (χ1v) is 9.66. The van der Waals surface area contributed by atoms with Gasteiger partial charge in [-0.05, 0) is 38.8 Å². The van der Waals surface area contributed by atoms with Gasteiger partial charge in [-0.1, -0.05) is 31.4 Å². The molecular formula is C20H26N4O4. The summed E-state index contributed by atoms with van der Waals surface area (Å²) in [6.45, 7) is 3.31. The molecule has 1 aromatic rings. The van der Waals surface area contributed by atoms with E-state index in [0.29, 0.717) is 24.1 Å². The fraction of sp³-hybridized carbons (Fsp3) is 0.500. The third-order valence-electron chi connectivity index (χ3n) is 5.12. The molecule has 0 atom stereocenters. The summed E-state index contributed by atoms with van der Waals surface area (Å²) in [6.07, 6.45) is 4.01. The predicted molar refractivity (Wildman–Crippen MR) is 104 cm³/mol. The third-order valence-corrected chi connectivity index (χ3v) is 5.12. The molecule has 0 bridgehead atoms. The molecule has 2 aliphatic rings. The van der Waals surface area contributed by atoms with Crippen molar-refractivity contribution in [2.45, 2.75) is 57.5 Å². The van der Waals surface area contributed by atoms with Crippen LogP contribution in [0.15, 0.2) is 24.3 Å². The number of imide groups is 1. The molecule has 1 heterocycles. The number of nitrogens with zero attached hydrogens (tertiary/aromatic N) is 1. The monoisotopic (exact) mass is 386 g/mol. The van der Waals surface area contributed by atoms with Crippen LogP contribution in [-0.4, -0.2) is 46.8 Å². The van der Waals surface area contributed by atoms with Crippen molar-refractivity contribution in [1.29, 1.82) is 0 Å². The van der Waals surface area contributed by atoms with Crippen LogP contribution >= 0.6 is 0 Å². The molecule has 3 N–H and O–H groups in total. The normalized spacial score (nSPS) is 18.3. The molecule has 1 aliphatic heterocycles. The Morgan fingerprint density at radius 2 is 1.82 bits per heavy atom. The maximum atomic E-state index is 12.8. The van der Waals surface area contributed by atoms with Gasteiger partial charge in [0.15, 0.2) is 0 Å². The molecule has 150 valence electrons. The van der Waals surface area contributed by atoms with E-state index in [1.165, 1.54) is 0 Å². The Bertz CT molecular complexity index is 799. The first-order valence-electron chi connectivity index (χ1n) is 9.66. The molecule has 1 aliphatic carbocycles. The van der Waals surface area contributed by atoms with Gasteiger partial charge in [0.1, 0.15) is 12.1 Å². The van der Waals surface area contributed by atoms with Gasteiger partial charge in [-0.25, -0.2) is 4.79 Å². The topological polar surface area (TPSA) is 108 Å². The van der Waals surface area contributed by atoms with Gasteiger partial charge in [0, 0.05) is 6.04 Å². The maximum absolute atomic E-state index is 12.8. The van der Waals surface area contributed by atoms with E-state index in [0.717, 1.165) is 24.2 Å². The fourth-order valence-corrected chi connectivity index (χ4v) is 3.78. The van der Waals surface area contributed by atoms with Gasteiger partial charge >= 0.3 is 6.03 Å². The van der Waals surface area contributed by atoms with Crippen LogP contribution in [-0.2, 0) is 9.59 Å². The molecule has 1 spiro atoms. The summed E-state index contributed by atoms with van der Waals surface area (Å²) in [4.78, 5) is 50.9. The molecule has 1 saturated heterocycles. The summed E-state index contributed by atoms with van der Waals surface area (Å²) in [5.74, 6) is -1.17. The van der Waals surface area contributed by atoms with E-state index in [-0.39, 0.29) is 24.4 Å². The van der Waals surface area contributed by atoms with Crippen LogP contribution < -0.4 is 16.0 Å². The lowest BCUT2D eigenvalue weighted by molar-refractivity contribution is -0.134. The number of hydrogen-bond donors (Lipinski definition) is 3. The van der Waals surface area contributed by atoms with E-state index < -0.39 is 17.5 Å². The summed E-state index contributed by atoms with van der Waals surface area (Å²) in [6, 6.07) is 6.04. The van der Waals surface area contributed by atoms with Crippen molar-refractivity contribution in [3.8, 4) is 0 Å². The maximum Gasteiger partial charge on any atom is 0.325 e. The van der Waals surface area contributed by atoms with E-state index >= 15 is 0 Å². The van der Waals surface area contributed by atoms with Crippen molar-refractivity contribution in [2.75, 3.05) is 11.9 Å². The summed E-state index contributed by atoms with van der Waals surface area (Å²) < 4.78 is 0. The van der Waals surface area contributed by atoms with Gasteiger partial charge in [0.25, 0.3) is 11.8 Å². The lowest BCUT2D eigenvalue weighted by Crippen LogP contribution is -2.48. The zero-order chi connectivity index (χ0) is 20.3. The number of anilines is 1. The molecule has 5 amide bonds. The van der Waals surface area contributed by atoms with E-state index in [4.69, 9.17) is 0 Å². The van der Waals surface area contributed by atoms with Crippen LogP contribution in [0.4, 0.5) is 10.5 Å². The third kappa shape index (κ3) is 4.00. The number of nitrogens with one attached hydrogen (secondary N) is 3. The Hall–Kier alpha value is -2.90. The molecule has 1 saturated carbocycles. The highest BCUT2D eigenvalue weighted by atomic mass is 16.2. The van der Waals surface area contributed by atoms with Crippen molar-refractivity contribution >= 4 is 29.4 Å². The summed E-state index contributed by atoms with van der Waals surface area (Å²) >= 11 is 0. The van der Waals surface area contributed by atoms with Gasteiger partial charge in [-0.3, -0.25) is 19.3 Å². The quantitative estimate of drug-likeness (QED) is 0.673. The Morgan fingerprint density at radius 1 is 1.14 bits per heavy atom. The van der Waals surface area contributed by atoms with Crippen LogP contribution in [0.3, 0.4) is 0 Å². The smallest absolute Gasteiger partial charge is 0.325 e. The van der Waals surface area contributed by atoms with Crippen LogP contribution in [0, 0.1) is 0 Å². The highest BCUT2D eigenvalue weighted by molar-refractivity contribution is 6.11. The molecule has 1 aromatic carbocycles. The van der Waals surface area contributed by atoms with Crippen molar-refractivity contribution in [2.24, 2.45) is 0 Å². The van der Waals surface area contributed by atoms with E-state index in [1.54, 1.807) is 24.3 Å². The molecule has 3 rings (SSSR count). The zero-order valence-corrected chi connectivity index (χ0v) is 16.2. The average molecular weight is 386 g/mol. The SMILES string of the molecule is CC(C)NC(=O)c1ccccc1NC(=O)CN1C(=O)NC2(CCCCC2)C1=O. The summed E-state index contributed by atoms with van der Waals surface area (Å²) in [7, 11) is 0. The number of urea groups is 1. The molecule has 2 fully saturated rings. The fourth-order valence-electron chi connectivity index (χ4n) is 3.78. The zero-order valence-electron chi connectivity index (χ0n) is 16.2. The van der Waals surface area contributed by atoms with Crippen molar-refractivity contribution in [1.82, 2.24) is 15.5 Å². The van der Waals surface area contributed by atoms with Gasteiger partial charge in [0.2, 0.25) is 5.91 Å². The Morgan fingerprint density at radius 3 is 2.50 bits per heavy atom. The van der Waals surface area contributed by atoms with E-state index in [9.17, 15) is 19.2 Å². The standard InChI is InChI=1S/C20H26N4O4/c1-13(2)21-17(26)14-8-4-5-9-15(14)22-16(25)12-24-18(27)20(23-19(24)28)10-6-3-7-11-20/h4-5,8-9,13H,3,6-7,10-12H2,1-2H3,(H,21,26)(H,22,25)(H,23,28). The summed E-state index contributed by atoms with van der Waals surface area (Å²) in [5.41, 5.74) is -0.194. The van der Waals surface area contributed by atoms with Crippen LogP contribution in [0.2, 0.25) is 0 Å². The second-order valence-electron chi connectivity index (χ2n) is 7.69. The van der Waals surface area contributed by atoms with Crippen molar-refractivity contribution < 1.29 is 19.2 Å². The molecule has 8 nitrogen and oxygen atoms in total. The van der Waals surface area contributed by atoms with E-state index in [2.05, 4.69) is 16.0 Å². The Balaban J connectivity index is 1.69. The van der Waals surface area contributed by atoms with Crippen molar-refractivity contribution in [3.05, 3.63) is 29.8 Å². The number of amides is 5. The Labute approximate surface area is 164 Å². The van der Waals surface area contributed by atoms with Crippen LogP contribution in [0.5, 0.6) is 0 Å². The number of hydrogen-bond acceptors (Lipinski definition) is 4. The minimum atomic E-state index is -0.856. The van der Waals surface area contributed by atoms with Gasteiger partial charge in [0.05, 0.1) is 11.3 Å².